The molecule has 8 aliphatic rings. The molecular formula is C30H44N2O2. The maximum absolute atomic E-state index is 13.7. The lowest BCUT2D eigenvalue weighted by Crippen LogP contribution is -2.59. The molecule has 7 fully saturated rings. The van der Waals surface area contributed by atoms with Crippen molar-refractivity contribution in [2.24, 2.45) is 57.7 Å². The van der Waals surface area contributed by atoms with E-state index in [1.165, 1.54) is 64.2 Å². The number of carbonyl (C=O) groups is 2. The Balaban J connectivity index is 1.06. The molecule has 0 aromatic carbocycles. The first-order valence-electron chi connectivity index (χ1n) is 14.6. The van der Waals surface area contributed by atoms with E-state index in [1.807, 2.05) is 0 Å². The third-order valence-corrected chi connectivity index (χ3v) is 12.8. The Labute approximate surface area is 205 Å². The predicted molar refractivity (Wildman–Crippen MR) is 133 cm³/mol. The average molecular weight is 465 g/mol. The van der Waals surface area contributed by atoms with Gasteiger partial charge in [-0.3, -0.25) is 9.59 Å². The zero-order valence-corrected chi connectivity index (χ0v) is 21.3. The number of carbonyl (C=O) groups excluding carboxylic acids is 2. The Bertz CT molecular complexity index is 889. The summed E-state index contributed by atoms with van der Waals surface area (Å²) in [6.45, 7) is 5.79. The van der Waals surface area contributed by atoms with E-state index in [0.717, 1.165) is 37.1 Å². The fourth-order valence-electron chi connectivity index (χ4n) is 11.7. The van der Waals surface area contributed by atoms with Gasteiger partial charge < -0.3 is 10.6 Å². The molecule has 1 aliphatic heterocycles. The Kier molecular flexibility index (Phi) is 4.74. The minimum Gasteiger partial charge on any atom is -0.355 e. The van der Waals surface area contributed by atoms with Crippen LogP contribution in [-0.4, -0.2) is 24.4 Å². The maximum atomic E-state index is 13.7. The number of fused-ring (bicyclic) bond motifs is 5. The summed E-state index contributed by atoms with van der Waals surface area (Å²) in [5, 5.41) is 6.84. The van der Waals surface area contributed by atoms with Crippen molar-refractivity contribution in [2.75, 3.05) is 6.54 Å². The molecule has 0 aromatic rings. The SMILES string of the molecule is C[C@]12CCC3C(CC[C@H]4NC(=O)C=C[C@]34C)C1CCC2C(=O)NCC12CC3CC(CC(C3)C1)C2. The van der Waals surface area contributed by atoms with Crippen molar-refractivity contribution in [3.05, 3.63) is 12.2 Å². The summed E-state index contributed by atoms with van der Waals surface area (Å²) in [6.07, 6.45) is 19.5. The predicted octanol–water partition coefficient (Wildman–Crippen LogP) is 5.23. The van der Waals surface area contributed by atoms with Gasteiger partial charge in [0.05, 0.1) is 0 Å². The second kappa shape index (κ2) is 7.35. The van der Waals surface area contributed by atoms with Crippen LogP contribution in [0.5, 0.6) is 0 Å². The lowest BCUT2D eigenvalue weighted by Gasteiger charge is -2.59. The highest BCUT2D eigenvalue weighted by Crippen LogP contribution is 2.65. The number of rotatable bonds is 3. The van der Waals surface area contributed by atoms with Crippen LogP contribution in [0.25, 0.3) is 0 Å². The minimum absolute atomic E-state index is 0.0804. The zero-order chi connectivity index (χ0) is 23.3. The van der Waals surface area contributed by atoms with Crippen molar-refractivity contribution in [3.63, 3.8) is 0 Å². The van der Waals surface area contributed by atoms with Gasteiger partial charge in [-0.25, -0.2) is 0 Å². The summed E-state index contributed by atoms with van der Waals surface area (Å²) < 4.78 is 0. The molecule has 4 unspecified atom stereocenters. The monoisotopic (exact) mass is 464 g/mol. The van der Waals surface area contributed by atoms with E-state index in [2.05, 4.69) is 30.6 Å². The van der Waals surface area contributed by atoms with Gasteiger partial charge in [-0.05, 0) is 129 Å². The van der Waals surface area contributed by atoms with Crippen LogP contribution in [0.1, 0.15) is 90.9 Å². The summed E-state index contributed by atoms with van der Waals surface area (Å²) in [6, 6.07) is 0.288. The van der Waals surface area contributed by atoms with Crippen LogP contribution >= 0.6 is 0 Å². The van der Waals surface area contributed by atoms with Crippen molar-refractivity contribution in [2.45, 2.75) is 96.9 Å². The molecule has 0 radical (unpaired) electrons. The number of hydrogen-bond acceptors (Lipinski definition) is 2. The van der Waals surface area contributed by atoms with Gasteiger partial charge in [0.15, 0.2) is 0 Å². The second-order valence-corrected chi connectivity index (χ2v) is 14.5. The van der Waals surface area contributed by atoms with Gasteiger partial charge in [0.1, 0.15) is 0 Å². The van der Waals surface area contributed by atoms with Crippen LogP contribution in [0, 0.1) is 57.7 Å². The second-order valence-electron chi connectivity index (χ2n) is 14.5. The molecule has 7 aliphatic carbocycles. The number of amides is 2. The van der Waals surface area contributed by atoms with Crippen LogP contribution < -0.4 is 10.6 Å². The Morgan fingerprint density at radius 2 is 1.68 bits per heavy atom. The lowest BCUT2D eigenvalue weighted by atomic mass is 9.48. The first kappa shape index (κ1) is 21.9. The van der Waals surface area contributed by atoms with E-state index < -0.39 is 0 Å². The van der Waals surface area contributed by atoms with Gasteiger partial charge in [0.2, 0.25) is 11.8 Å². The Morgan fingerprint density at radius 1 is 0.971 bits per heavy atom. The van der Waals surface area contributed by atoms with Crippen LogP contribution in [0.3, 0.4) is 0 Å². The fraction of sp³-hybridized carbons (Fsp3) is 0.867. The van der Waals surface area contributed by atoms with E-state index in [-0.39, 0.29) is 28.7 Å². The first-order valence-corrected chi connectivity index (χ1v) is 14.6. The van der Waals surface area contributed by atoms with Crippen molar-refractivity contribution in [3.8, 4) is 0 Å². The highest BCUT2D eigenvalue weighted by Gasteiger charge is 2.61. The Morgan fingerprint density at radius 3 is 2.38 bits per heavy atom. The molecule has 2 N–H and O–H groups in total. The van der Waals surface area contributed by atoms with Crippen molar-refractivity contribution in [1.82, 2.24) is 10.6 Å². The van der Waals surface area contributed by atoms with Gasteiger partial charge >= 0.3 is 0 Å². The minimum atomic E-state index is 0.0804. The molecule has 2 amide bonds. The van der Waals surface area contributed by atoms with E-state index >= 15 is 0 Å². The summed E-state index contributed by atoms with van der Waals surface area (Å²) >= 11 is 0. The van der Waals surface area contributed by atoms with E-state index in [1.54, 1.807) is 6.08 Å². The molecule has 7 atom stereocenters. The molecule has 4 nitrogen and oxygen atoms in total. The van der Waals surface area contributed by atoms with Gasteiger partial charge in [0.25, 0.3) is 0 Å². The third-order valence-electron chi connectivity index (χ3n) is 12.8. The van der Waals surface area contributed by atoms with Crippen molar-refractivity contribution in [1.29, 1.82) is 0 Å². The summed E-state index contributed by atoms with van der Waals surface area (Å²) in [4.78, 5) is 25.7. The summed E-state index contributed by atoms with van der Waals surface area (Å²) in [5.74, 6) is 5.48. The standard InChI is InChI=1S/C30H44N2O2/c1-28-9-7-23-21(3-6-25-29(23,2)10-8-26(33)32-25)22(28)4-5-24(28)27(34)31-17-30-14-18-11-19(15-30)13-20(12-18)16-30/h8,10,18-25H,3-7,9,11-17H2,1-2H3,(H,31,34)(H,32,33)/t18?,19?,20?,21?,22?,23?,24?,25-,28+,29-,30?/m1/s1. The van der Waals surface area contributed by atoms with Gasteiger partial charge in [0, 0.05) is 23.9 Å². The third kappa shape index (κ3) is 3.08. The quantitative estimate of drug-likeness (QED) is 0.601. The topological polar surface area (TPSA) is 58.2 Å². The summed E-state index contributed by atoms with van der Waals surface area (Å²) in [7, 11) is 0. The van der Waals surface area contributed by atoms with Crippen LogP contribution in [-0.2, 0) is 9.59 Å². The molecule has 8 rings (SSSR count). The average Bonchev–Trinajstić information content (AvgIpc) is 3.14. The maximum Gasteiger partial charge on any atom is 0.243 e. The smallest absolute Gasteiger partial charge is 0.243 e. The molecule has 0 aromatic heterocycles. The molecule has 0 spiro atoms. The highest BCUT2D eigenvalue weighted by molar-refractivity contribution is 5.89. The van der Waals surface area contributed by atoms with Crippen LogP contribution in [0.15, 0.2) is 12.2 Å². The molecule has 0 saturated heterocycles. The Hall–Kier alpha value is -1.32. The largest absolute Gasteiger partial charge is 0.355 e. The van der Waals surface area contributed by atoms with Crippen molar-refractivity contribution >= 4 is 11.8 Å². The van der Waals surface area contributed by atoms with Crippen LogP contribution in [0.2, 0.25) is 0 Å². The molecule has 7 saturated carbocycles. The molecule has 4 bridgehead atoms. The summed E-state index contributed by atoms with van der Waals surface area (Å²) in [5.41, 5.74) is 0.653. The molecular weight excluding hydrogens is 420 g/mol. The van der Waals surface area contributed by atoms with E-state index in [0.29, 0.717) is 29.1 Å². The molecule has 34 heavy (non-hydrogen) atoms. The highest BCUT2D eigenvalue weighted by atomic mass is 16.2. The lowest BCUT2D eigenvalue weighted by molar-refractivity contribution is -0.135. The first-order chi connectivity index (χ1) is 16.3. The van der Waals surface area contributed by atoms with E-state index in [9.17, 15) is 9.59 Å². The normalized spacial score (nSPS) is 54.7. The molecule has 4 heteroatoms. The molecule has 1 heterocycles. The zero-order valence-electron chi connectivity index (χ0n) is 21.3. The number of nitrogens with one attached hydrogen (secondary N) is 2. The van der Waals surface area contributed by atoms with E-state index in [4.69, 9.17) is 0 Å². The van der Waals surface area contributed by atoms with Crippen LogP contribution in [0.4, 0.5) is 0 Å². The van der Waals surface area contributed by atoms with Gasteiger partial charge in [-0.1, -0.05) is 19.9 Å². The fourth-order valence-corrected chi connectivity index (χ4v) is 11.7. The number of hydrogen-bond donors (Lipinski definition) is 2. The van der Waals surface area contributed by atoms with Gasteiger partial charge in [-0.15, -0.1) is 0 Å². The van der Waals surface area contributed by atoms with Crippen molar-refractivity contribution < 1.29 is 9.59 Å². The van der Waals surface area contributed by atoms with Gasteiger partial charge in [-0.2, -0.15) is 0 Å². The molecule has 186 valence electrons.